The first-order chi connectivity index (χ1) is 8.69. The van der Waals surface area contributed by atoms with E-state index in [1.54, 1.807) is 11.6 Å². The van der Waals surface area contributed by atoms with Crippen LogP contribution >= 0.6 is 11.3 Å². The summed E-state index contributed by atoms with van der Waals surface area (Å²) in [7, 11) is 1.68. The molecule has 0 saturated carbocycles. The van der Waals surface area contributed by atoms with Crippen molar-refractivity contribution in [2.75, 3.05) is 18.5 Å². The third-order valence-electron chi connectivity index (χ3n) is 3.20. The third-order valence-corrected chi connectivity index (χ3v) is 4.16. The van der Waals surface area contributed by atoms with E-state index in [2.05, 4.69) is 20.3 Å². The van der Waals surface area contributed by atoms with Gasteiger partial charge >= 0.3 is 0 Å². The summed E-state index contributed by atoms with van der Waals surface area (Å²) >= 11 is 1.53. The van der Waals surface area contributed by atoms with Crippen LogP contribution in [0.4, 0.5) is 5.13 Å². The van der Waals surface area contributed by atoms with Gasteiger partial charge in [-0.25, -0.2) is 9.50 Å². The lowest BCUT2D eigenvalue weighted by Crippen LogP contribution is -2.42. The summed E-state index contributed by atoms with van der Waals surface area (Å²) in [6, 6.07) is -0.0908. The van der Waals surface area contributed by atoms with Crippen LogP contribution in [-0.4, -0.2) is 40.1 Å². The first-order valence-corrected chi connectivity index (χ1v) is 6.82. The molecule has 1 saturated heterocycles. The fourth-order valence-corrected chi connectivity index (χ4v) is 3.35. The van der Waals surface area contributed by atoms with Crippen molar-refractivity contribution in [2.24, 2.45) is 0 Å². The van der Waals surface area contributed by atoms with Crippen LogP contribution in [0.2, 0.25) is 0 Å². The van der Waals surface area contributed by atoms with E-state index in [0.717, 1.165) is 35.2 Å². The van der Waals surface area contributed by atoms with Gasteiger partial charge in [-0.15, -0.1) is 5.10 Å². The van der Waals surface area contributed by atoms with Crippen LogP contribution in [0.25, 0.3) is 4.96 Å². The number of aromatic nitrogens is 3. The van der Waals surface area contributed by atoms with Gasteiger partial charge < -0.3 is 10.2 Å². The molecule has 2 aromatic heterocycles. The van der Waals surface area contributed by atoms with E-state index < -0.39 is 0 Å². The molecule has 0 radical (unpaired) electrons. The van der Waals surface area contributed by atoms with Crippen molar-refractivity contribution in [3.63, 3.8) is 0 Å². The van der Waals surface area contributed by atoms with E-state index in [9.17, 15) is 4.79 Å². The molecule has 18 heavy (non-hydrogen) atoms. The Hall–Kier alpha value is -1.63. The number of hydrogen-bond donors (Lipinski definition) is 1. The van der Waals surface area contributed by atoms with E-state index in [1.165, 1.54) is 11.3 Å². The minimum absolute atomic E-state index is 0.0662. The summed E-state index contributed by atoms with van der Waals surface area (Å²) in [6.45, 7) is 2.83. The molecule has 96 valence electrons. The van der Waals surface area contributed by atoms with Gasteiger partial charge in [0.05, 0.1) is 11.9 Å². The molecule has 6 nitrogen and oxygen atoms in total. The minimum Gasteiger partial charge on any atom is -0.357 e. The number of carbonyl (C=O) groups is 1. The standard InChI is InChI=1S/C11H15N5OS/c1-7-6-16-10(13-7)18-11(14-16)15-5-3-4-8(15)9(17)12-2/h6,8H,3-5H2,1-2H3,(H,12,17). The highest BCUT2D eigenvalue weighted by Gasteiger charge is 2.32. The maximum absolute atomic E-state index is 11.8. The van der Waals surface area contributed by atoms with Gasteiger partial charge in [0.2, 0.25) is 16.0 Å². The van der Waals surface area contributed by atoms with Gasteiger partial charge in [0.15, 0.2) is 0 Å². The largest absolute Gasteiger partial charge is 0.357 e. The predicted molar refractivity (Wildman–Crippen MR) is 70.0 cm³/mol. The van der Waals surface area contributed by atoms with Crippen molar-refractivity contribution in [2.45, 2.75) is 25.8 Å². The number of anilines is 1. The minimum atomic E-state index is -0.0908. The van der Waals surface area contributed by atoms with Crippen LogP contribution in [0.5, 0.6) is 0 Å². The van der Waals surface area contributed by atoms with Crippen molar-refractivity contribution in [1.82, 2.24) is 19.9 Å². The normalized spacial score (nSPS) is 19.7. The fraction of sp³-hybridized carbons (Fsp3) is 0.545. The summed E-state index contributed by atoms with van der Waals surface area (Å²) < 4.78 is 1.79. The molecule has 3 heterocycles. The smallest absolute Gasteiger partial charge is 0.242 e. The van der Waals surface area contributed by atoms with Crippen LogP contribution in [0.15, 0.2) is 6.20 Å². The van der Waals surface area contributed by atoms with Gasteiger partial charge in [-0.05, 0) is 19.8 Å². The predicted octanol–water partition coefficient (Wildman–Crippen LogP) is 0.814. The number of hydrogen-bond acceptors (Lipinski definition) is 5. The quantitative estimate of drug-likeness (QED) is 0.873. The molecule has 1 N–H and O–H groups in total. The van der Waals surface area contributed by atoms with Gasteiger partial charge in [0, 0.05) is 13.6 Å². The van der Waals surface area contributed by atoms with E-state index >= 15 is 0 Å². The van der Waals surface area contributed by atoms with Gasteiger partial charge in [0.1, 0.15) is 6.04 Å². The molecule has 1 aliphatic rings. The third kappa shape index (κ3) is 1.74. The highest BCUT2D eigenvalue weighted by Crippen LogP contribution is 2.29. The molecule has 0 spiro atoms. The Morgan fingerprint density at radius 3 is 3.17 bits per heavy atom. The lowest BCUT2D eigenvalue weighted by molar-refractivity contribution is -0.121. The van der Waals surface area contributed by atoms with Crippen LogP contribution in [0.3, 0.4) is 0 Å². The summed E-state index contributed by atoms with van der Waals surface area (Å²) in [5.41, 5.74) is 0.963. The van der Waals surface area contributed by atoms with E-state index in [0.29, 0.717) is 0 Å². The van der Waals surface area contributed by atoms with Crippen LogP contribution < -0.4 is 10.2 Å². The van der Waals surface area contributed by atoms with Gasteiger partial charge in [0.25, 0.3) is 0 Å². The highest BCUT2D eigenvalue weighted by atomic mass is 32.1. The van der Waals surface area contributed by atoms with Gasteiger partial charge in [-0.1, -0.05) is 11.3 Å². The number of nitrogens with one attached hydrogen (secondary N) is 1. The maximum atomic E-state index is 11.8. The number of amides is 1. The van der Waals surface area contributed by atoms with Crippen LogP contribution in [0, 0.1) is 6.92 Å². The second kappa shape index (κ2) is 4.24. The summed E-state index contributed by atoms with van der Waals surface area (Å²) in [6.07, 6.45) is 3.82. The van der Waals surface area contributed by atoms with Gasteiger partial charge in [-0.3, -0.25) is 4.79 Å². The number of carbonyl (C=O) groups excluding carboxylic acids is 1. The number of nitrogens with zero attached hydrogens (tertiary/aromatic N) is 4. The van der Waals surface area contributed by atoms with E-state index in [1.807, 2.05) is 13.1 Å². The summed E-state index contributed by atoms with van der Waals surface area (Å²) in [5.74, 6) is 0.0662. The van der Waals surface area contributed by atoms with Crippen molar-refractivity contribution in [1.29, 1.82) is 0 Å². The zero-order valence-electron chi connectivity index (χ0n) is 10.4. The van der Waals surface area contributed by atoms with E-state index in [-0.39, 0.29) is 11.9 Å². The molecule has 1 unspecified atom stereocenters. The average Bonchev–Trinajstić information content (AvgIpc) is 2.99. The molecule has 0 aromatic carbocycles. The second-order valence-corrected chi connectivity index (χ2v) is 5.39. The monoisotopic (exact) mass is 265 g/mol. The highest BCUT2D eigenvalue weighted by molar-refractivity contribution is 7.20. The Kier molecular flexibility index (Phi) is 2.70. The maximum Gasteiger partial charge on any atom is 0.242 e. The van der Waals surface area contributed by atoms with Crippen LogP contribution in [-0.2, 0) is 4.79 Å². The fourth-order valence-electron chi connectivity index (χ4n) is 2.35. The van der Waals surface area contributed by atoms with E-state index in [4.69, 9.17) is 0 Å². The van der Waals surface area contributed by atoms with Crippen molar-refractivity contribution >= 4 is 27.3 Å². The average molecular weight is 265 g/mol. The molecule has 1 atom stereocenters. The van der Waals surface area contributed by atoms with Crippen molar-refractivity contribution < 1.29 is 4.79 Å². The number of rotatable bonds is 2. The molecule has 0 aliphatic carbocycles. The van der Waals surface area contributed by atoms with Gasteiger partial charge in [-0.2, -0.15) is 0 Å². The summed E-state index contributed by atoms with van der Waals surface area (Å²) in [5, 5.41) is 8.10. The number of imidazole rings is 1. The molecule has 3 rings (SSSR count). The molecular formula is C11H15N5OS. The zero-order valence-corrected chi connectivity index (χ0v) is 11.2. The molecule has 1 amide bonds. The first kappa shape index (κ1) is 11.5. The molecule has 2 aromatic rings. The molecular weight excluding hydrogens is 250 g/mol. The number of fused-ring (bicyclic) bond motifs is 1. The molecule has 1 aliphatic heterocycles. The van der Waals surface area contributed by atoms with Crippen LogP contribution in [0.1, 0.15) is 18.5 Å². The Morgan fingerprint density at radius 1 is 1.61 bits per heavy atom. The zero-order chi connectivity index (χ0) is 12.7. The molecule has 7 heteroatoms. The van der Waals surface area contributed by atoms with Crippen molar-refractivity contribution in [3.8, 4) is 0 Å². The molecule has 1 fully saturated rings. The molecule has 0 bridgehead atoms. The first-order valence-electron chi connectivity index (χ1n) is 6.00. The number of likely N-dealkylation sites (N-methyl/N-ethyl adjacent to an activating group) is 1. The Labute approximate surface area is 109 Å². The Morgan fingerprint density at radius 2 is 2.44 bits per heavy atom. The lowest BCUT2D eigenvalue weighted by Gasteiger charge is -2.21. The SMILES string of the molecule is CNC(=O)C1CCCN1c1nn2cc(C)nc2s1. The lowest BCUT2D eigenvalue weighted by atomic mass is 10.2. The second-order valence-electron chi connectivity index (χ2n) is 4.46. The Balaban J connectivity index is 1.92. The summed E-state index contributed by atoms with van der Waals surface area (Å²) in [4.78, 5) is 19.2. The number of aryl methyl sites for hydroxylation is 1. The van der Waals surface area contributed by atoms with Crippen molar-refractivity contribution in [3.05, 3.63) is 11.9 Å². The Bertz CT molecular complexity index is 558. The topological polar surface area (TPSA) is 62.5 Å².